The van der Waals surface area contributed by atoms with Gasteiger partial charge in [0.2, 0.25) is 0 Å². The molecular formula is C16H32N2. The lowest BCUT2D eigenvalue weighted by atomic mass is 9.78. The zero-order valence-corrected chi connectivity index (χ0v) is 12.8. The van der Waals surface area contributed by atoms with Crippen LogP contribution in [0, 0.1) is 11.8 Å². The third kappa shape index (κ3) is 3.27. The van der Waals surface area contributed by atoms with E-state index >= 15 is 0 Å². The molecule has 2 rings (SSSR count). The maximum atomic E-state index is 3.76. The highest BCUT2D eigenvalue weighted by molar-refractivity contribution is 4.92. The Kier molecular flexibility index (Phi) is 4.71. The van der Waals surface area contributed by atoms with Crippen molar-refractivity contribution in [2.24, 2.45) is 11.8 Å². The standard InChI is InChI=1S/C16H32N2/c1-5-16(4)12-18(10-6-9-17-16)15-8-7-13(2)14(3)11-15/h13-15,17H,5-12H2,1-4H3. The van der Waals surface area contributed by atoms with Gasteiger partial charge in [-0.25, -0.2) is 0 Å². The summed E-state index contributed by atoms with van der Waals surface area (Å²) in [5.41, 5.74) is 0.336. The van der Waals surface area contributed by atoms with Crippen LogP contribution in [0.4, 0.5) is 0 Å². The van der Waals surface area contributed by atoms with Crippen LogP contribution in [0.3, 0.4) is 0 Å². The summed E-state index contributed by atoms with van der Waals surface area (Å²) in [7, 11) is 0. The molecule has 2 heteroatoms. The molecule has 0 aromatic rings. The van der Waals surface area contributed by atoms with Crippen LogP contribution in [0.5, 0.6) is 0 Å². The summed E-state index contributed by atoms with van der Waals surface area (Å²) >= 11 is 0. The molecule has 1 saturated carbocycles. The quantitative estimate of drug-likeness (QED) is 0.811. The molecule has 1 aliphatic heterocycles. The number of nitrogens with one attached hydrogen (secondary N) is 1. The van der Waals surface area contributed by atoms with Gasteiger partial charge in [-0.05, 0) is 64.0 Å². The molecule has 18 heavy (non-hydrogen) atoms. The summed E-state index contributed by atoms with van der Waals surface area (Å²) in [5, 5.41) is 3.76. The lowest BCUT2D eigenvalue weighted by Gasteiger charge is -2.42. The molecule has 4 unspecified atom stereocenters. The van der Waals surface area contributed by atoms with Gasteiger partial charge in [-0.1, -0.05) is 20.8 Å². The van der Waals surface area contributed by atoms with Gasteiger partial charge in [0, 0.05) is 18.1 Å². The van der Waals surface area contributed by atoms with E-state index in [2.05, 4.69) is 37.9 Å². The monoisotopic (exact) mass is 252 g/mol. The number of hydrogen-bond acceptors (Lipinski definition) is 2. The molecule has 2 nitrogen and oxygen atoms in total. The van der Waals surface area contributed by atoms with E-state index in [4.69, 9.17) is 0 Å². The summed E-state index contributed by atoms with van der Waals surface area (Å²) in [5.74, 6) is 1.84. The molecule has 0 amide bonds. The van der Waals surface area contributed by atoms with Gasteiger partial charge in [0.25, 0.3) is 0 Å². The van der Waals surface area contributed by atoms with Crippen molar-refractivity contribution >= 4 is 0 Å². The molecule has 2 aliphatic rings. The van der Waals surface area contributed by atoms with Crippen LogP contribution < -0.4 is 5.32 Å². The highest BCUT2D eigenvalue weighted by Crippen LogP contribution is 2.33. The van der Waals surface area contributed by atoms with Crippen LogP contribution in [-0.4, -0.2) is 36.1 Å². The molecule has 2 fully saturated rings. The third-order valence-electron chi connectivity index (χ3n) is 5.59. The van der Waals surface area contributed by atoms with Gasteiger partial charge in [0.15, 0.2) is 0 Å². The Labute approximate surface area is 114 Å². The van der Waals surface area contributed by atoms with Gasteiger partial charge in [-0.15, -0.1) is 0 Å². The summed E-state index contributed by atoms with van der Waals surface area (Å²) in [6.07, 6.45) is 6.82. The highest BCUT2D eigenvalue weighted by atomic mass is 15.2. The Morgan fingerprint density at radius 1 is 1.22 bits per heavy atom. The average molecular weight is 252 g/mol. The second kappa shape index (κ2) is 5.92. The summed E-state index contributed by atoms with van der Waals surface area (Å²) < 4.78 is 0. The third-order valence-corrected chi connectivity index (χ3v) is 5.59. The first-order valence-corrected chi connectivity index (χ1v) is 8.03. The van der Waals surface area contributed by atoms with E-state index in [-0.39, 0.29) is 0 Å². The second-order valence-electron chi connectivity index (χ2n) is 7.09. The fourth-order valence-electron chi connectivity index (χ4n) is 3.65. The lowest BCUT2D eigenvalue weighted by Crippen LogP contribution is -2.51. The van der Waals surface area contributed by atoms with Crippen molar-refractivity contribution in [1.29, 1.82) is 0 Å². The Balaban J connectivity index is 1.98. The van der Waals surface area contributed by atoms with Gasteiger partial charge in [-0.3, -0.25) is 4.90 Å². The molecule has 1 aliphatic carbocycles. The maximum absolute atomic E-state index is 3.76. The van der Waals surface area contributed by atoms with Gasteiger partial charge < -0.3 is 5.32 Å². The van der Waals surface area contributed by atoms with Crippen LogP contribution in [0.1, 0.15) is 59.8 Å². The largest absolute Gasteiger partial charge is 0.310 e. The summed E-state index contributed by atoms with van der Waals surface area (Å²) in [6.45, 7) is 13.3. The minimum absolute atomic E-state index is 0.336. The van der Waals surface area contributed by atoms with E-state index in [1.54, 1.807) is 0 Å². The maximum Gasteiger partial charge on any atom is 0.0277 e. The molecule has 0 aromatic heterocycles. The molecule has 1 N–H and O–H groups in total. The topological polar surface area (TPSA) is 15.3 Å². The van der Waals surface area contributed by atoms with Gasteiger partial charge >= 0.3 is 0 Å². The first kappa shape index (κ1) is 14.3. The molecule has 1 heterocycles. The molecule has 0 bridgehead atoms. The number of hydrogen-bond donors (Lipinski definition) is 1. The van der Waals surface area contributed by atoms with Crippen LogP contribution >= 0.6 is 0 Å². The number of rotatable bonds is 2. The Bertz CT molecular complexity index is 266. The zero-order chi connectivity index (χ0) is 13.2. The van der Waals surface area contributed by atoms with E-state index in [0.717, 1.165) is 17.9 Å². The van der Waals surface area contributed by atoms with Crippen molar-refractivity contribution < 1.29 is 0 Å². The van der Waals surface area contributed by atoms with E-state index in [1.807, 2.05) is 0 Å². The minimum Gasteiger partial charge on any atom is -0.310 e. The van der Waals surface area contributed by atoms with Crippen LogP contribution in [0.15, 0.2) is 0 Å². The predicted octanol–water partition coefficient (Wildman–Crippen LogP) is 3.28. The lowest BCUT2D eigenvalue weighted by molar-refractivity contribution is 0.0923. The summed E-state index contributed by atoms with van der Waals surface area (Å²) in [6, 6.07) is 0.849. The molecule has 0 aromatic carbocycles. The van der Waals surface area contributed by atoms with Gasteiger partial charge in [0.1, 0.15) is 0 Å². The van der Waals surface area contributed by atoms with Gasteiger partial charge in [-0.2, -0.15) is 0 Å². The van der Waals surface area contributed by atoms with Crippen molar-refractivity contribution in [3.05, 3.63) is 0 Å². The van der Waals surface area contributed by atoms with E-state index < -0.39 is 0 Å². The zero-order valence-electron chi connectivity index (χ0n) is 12.8. The Hall–Kier alpha value is -0.0800. The number of nitrogens with zero attached hydrogens (tertiary/aromatic N) is 1. The normalized spacial score (nSPS) is 43.7. The first-order chi connectivity index (χ1) is 8.54. The van der Waals surface area contributed by atoms with Crippen LogP contribution in [-0.2, 0) is 0 Å². The highest BCUT2D eigenvalue weighted by Gasteiger charge is 2.33. The smallest absolute Gasteiger partial charge is 0.0277 e. The Morgan fingerprint density at radius 3 is 2.67 bits per heavy atom. The van der Waals surface area contributed by atoms with Crippen molar-refractivity contribution in [2.75, 3.05) is 19.6 Å². The predicted molar refractivity (Wildman–Crippen MR) is 78.9 cm³/mol. The van der Waals surface area contributed by atoms with Gasteiger partial charge in [0.05, 0.1) is 0 Å². The SMILES string of the molecule is CCC1(C)CN(C2CCC(C)C(C)C2)CCCN1. The first-order valence-electron chi connectivity index (χ1n) is 8.03. The molecule has 106 valence electrons. The second-order valence-corrected chi connectivity index (χ2v) is 7.09. The van der Waals surface area contributed by atoms with Crippen molar-refractivity contribution in [3.63, 3.8) is 0 Å². The minimum atomic E-state index is 0.336. The van der Waals surface area contributed by atoms with Crippen LogP contribution in [0.25, 0.3) is 0 Å². The average Bonchev–Trinajstić information content (AvgIpc) is 2.56. The molecule has 0 radical (unpaired) electrons. The van der Waals surface area contributed by atoms with Crippen LogP contribution in [0.2, 0.25) is 0 Å². The molecule has 1 saturated heterocycles. The summed E-state index contributed by atoms with van der Waals surface area (Å²) in [4.78, 5) is 2.80. The Morgan fingerprint density at radius 2 is 2.00 bits per heavy atom. The van der Waals surface area contributed by atoms with Crippen molar-refractivity contribution in [2.45, 2.75) is 71.4 Å². The molecule has 4 atom stereocenters. The molecule has 0 spiro atoms. The fraction of sp³-hybridized carbons (Fsp3) is 1.00. The van der Waals surface area contributed by atoms with E-state index in [1.165, 1.54) is 51.7 Å². The van der Waals surface area contributed by atoms with E-state index in [0.29, 0.717) is 5.54 Å². The van der Waals surface area contributed by atoms with Crippen molar-refractivity contribution in [3.8, 4) is 0 Å². The van der Waals surface area contributed by atoms with E-state index in [9.17, 15) is 0 Å². The molecular weight excluding hydrogens is 220 g/mol. The van der Waals surface area contributed by atoms with Crippen molar-refractivity contribution in [1.82, 2.24) is 10.2 Å². The fourth-order valence-corrected chi connectivity index (χ4v) is 3.65.